The van der Waals surface area contributed by atoms with E-state index in [1.54, 1.807) is 18.2 Å². The third-order valence-electron chi connectivity index (χ3n) is 2.44. The molecule has 0 aromatic heterocycles. The SMILES string of the molecule is CC(=O)c1ccc(OCCC(C)(C)C)cc1Cl. The molecule has 1 aromatic carbocycles. The molecule has 0 heterocycles. The number of hydrogen-bond acceptors (Lipinski definition) is 2. The van der Waals surface area contributed by atoms with E-state index < -0.39 is 0 Å². The van der Waals surface area contributed by atoms with Crippen LogP contribution in [0.15, 0.2) is 18.2 Å². The second kappa shape index (κ2) is 5.54. The molecule has 94 valence electrons. The van der Waals surface area contributed by atoms with Crippen LogP contribution in [0.3, 0.4) is 0 Å². The molecule has 3 heteroatoms. The van der Waals surface area contributed by atoms with Gasteiger partial charge in [-0.3, -0.25) is 4.79 Å². The smallest absolute Gasteiger partial charge is 0.161 e. The predicted octanol–water partition coefficient (Wildman–Crippen LogP) is 4.36. The number of Topliss-reactive ketones (excluding diaryl/α,β-unsaturated/α-hetero) is 1. The van der Waals surface area contributed by atoms with Crippen molar-refractivity contribution in [3.05, 3.63) is 28.8 Å². The molecule has 0 aliphatic rings. The van der Waals surface area contributed by atoms with Crippen molar-refractivity contribution in [2.24, 2.45) is 5.41 Å². The van der Waals surface area contributed by atoms with Gasteiger partial charge in [0.15, 0.2) is 5.78 Å². The maximum atomic E-state index is 11.2. The molecule has 1 aromatic rings. The van der Waals surface area contributed by atoms with Gasteiger partial charge in [-0.1, -0.05) is 32.4 Å². The second-order valence-corrected chi connectivity index (χ2v) is 5.76. The van der Waals surface area contributed by atoms with Crippen molar-refractivity contribution < 1.29 is 9.53 Å². The normalized spacial score (nSPS) is 11.4. The van der Waals surface area contributed by atoms with E-state index in [-0.39, 0.29) is 11.2 Å². The third-order valence-corrected chi connectivity index (χ3v) is 2.75. The third kappa shape index (κ3) is 4.78. The molecule has 0 saturated heterocycles. The summed E-state index contributed by atoms with van der Waals surface area (Å²) in [6, 6.07) is 5.18. The van der Waals surface area contributed by atoms with Crippen LogP contribution in [0, 0.1) is 5.41 Å². The van der Waals surface area contributed by atoms with Gasteiger partial charge in [0, 0.05) is 5.56 Å². The van der Waals surface area contributed by atoms with Gasteiger partial charge in [-0.2, -0.15) is 0 Å². The molecule has 0 fully saturated rings. The van der Waals surface area contributed by atoms with Crippen LogP contribution in [-0.4, -0.2) is 12.4 Å². The molecular weight excluding hydrogens is 236 g/mol. The van der Waals surface area contributed by atoms with Gasteiger partial charge in [-0.25, -0.2) is 0 Å². The predicted molar refractivity (Wildman–Crippen MR) is 71.0 cm³/mol. The van der Waals surface area contributed by atoms with Crippen LogP contribution >= 0.6 is 11.6 Å². The molecule has 0 aliphatic carbocycles. The molecular formula is C14H19ClO2. The molecule has 0 radical (unpaired) electrons. The highest BCUT2D eigenvalue weighted by atomic mass is 35.5. The Hall–Kier alpha value is -1.02. The fourth-order valence-corrected chi connectivity index (χ4v) is 1.65. The van der Waals surface area contributed by atoms with Crippen molar-refractivity contribution in [2.75, 3.05) is 6.61 Å². The van der Waals surface area contributed by atoms with Gasteiger partial charge in [0.2, 0.25) is 0 Å². The Morgan fingerprint density at radius 3 is 2.47 bits per heavy atom. The Labute approximate surface area is 108 Å². The van der Waals surface area contributed by atoms with E-state index in [9.17, 15) is 4.79 Å². The number of halogens is 1. The van der Waals surface area contributed by atoms with Gasteiger partial charge in [0.05, 0.1) is 11.6 Å². The summed E-state index contributed by atoms with van der Waals surface area (Å²) in [5.41, 5.74) is 0.790. The molecule has 0 unspecified atom stereocenters. The lowest BCUT2D eigenvalue weighted by molar-refractivity contribution is 0.101. The van der Waals surface area contributed by atoms with Crippen molar-refractivity contribution >= 4 is 17.4 Å². The van der Waals surface area contributed by atoms with E-state index in [1.165, 1.54) is 6.92 Å². The quantitative estimate of drug-likeness (QED) is 0.747. The van der Waals surface area contributed by atoms with Crippen molar-refractivity contribution in [3.8, 4) is 5.75 Å². The number of ether oxygens (including phenoxy) is 1. The van der Waals surface area contributed by atoms with Gasteiger partial charge >= 0.3 is 0 Å². The van der Waals surface area contributed by atoms with Crippen LogP contribution in [0.5, 0.6) is 5.75 Å². The number of ketones is 1. The highest BCUT2D eigenvalue weighted by molar-refractivity contribution is 6.34. The Morgan fingerprint density at radius 2 is 2.00 bits per heavy atom. The fourth-order valence-electron chi connectivity index (χ4n) is 1.35. The highest BCUT2D eigenvalue weighted by Crippen LogP contribution is 2.24. The Bertz CT molecular complexity index is 405. The van der Waals surface area contributed by atoms with E-state index in [4.69, 9.17) is 16.3 Å². The van der Waals surface area contributed by atoms with Crippen LogP contribution in [0.4, 0.5) is 0 Å². The Kier molecular flexibility index (Phi) is 4.58. The fraction of sp³-hybridized carbons (Fsp3) is 0.500. The van der Waals surface area contributed by atoms with Crippen LogP contribution in [0.2, 0.25) is 5.02 Å². The van der Waals surface area contributed by atoms with Gasteiger partial charge in [0.25, 0.3) is 0 Å². The van der Waals surface area contributed by atoms with Gasteiger partial charge in [-0.15, -0.1) is 0 Å². The minimum absolute atomic E-state index is 0.0313. The van der Waals surface area contributed by atoms with Crippen LogP contribution in [0.25, 0.3) is 0 Å². The zero-order valence-corrected chi connectivity index (χ0v) is 11.6. The lowest BCUT2D eigenvalue weighted by Gasteiger charge is -2.18. The summed E-state index contributed by atoms with van der Waals surface area (Å²) in [5.74, 6) is 0.681. The summed E-state index contributed by atoms with van der Waals surface area (Å²) in [6.45, 7) is 8.66. The molecule has 0 atom stereocenters. The van der Waals surface area contributed by atoms with E-state index in [1.807, 2.05) is 0 Å². The molecule has 0 spiro atoms. The van der Waals surface area contributed by atoms with E-state index in [0.717, 1.165) is 6.42 Å². The molecule has 17 heavy (non-hydrogen) atoms. The molecule has 0 amide bonds. The zero-order chi connectivity index (χ0) is 13.1. The first kappa shape index (κ1) is 14.0. The first-order valence-corrected chi connectivity index (χ1v) is 6.11. The second-order valence-electron chi connectivity index (χ2n) is 5.36. The summed E-state index contributed by atoms with van der Waals surface area (Å²) in [7, 11) is 0. The number of hydrogen-bond donors (Lipinski definition) is 0. The number of benzene rings is 1. The lowest BCUT2D eigenvalue weighted by Crippen LogP contribution is -2.11. The van der Waals surface area contributed by atoms with E-state index in [2.05, 4.69) is 20.8 Å². The first-order chi connectivity index (χ1) is 7.79. The van der Waals surface area contributed by atoms with Crippen molar-refractivity contribution in [1.82, 2.24) is 0 Å². The number of carbonyl (C=O) groups is 1. The maximum Gasteiger partial charge on any atom is 0.161 e. The van der Waals surface area contributed by atoms with Gasteiger partial charge < -0.3 is 4.74 Å². The molecule has 0 saturated carbocycles. The summed E-state index contributed by atoms with van der Waals surface area (Å²) < 4.78 is 5.60. The highest BCUT2D eigenvalue weighted by Gasteiger charge is 2.11. The van der Waals surface area contributed by atoms with E-state index in [0.29, 0.717) is 22.9 Å². The minimum atomic E-state index is -0.0313. The minimum Gasteiger partial charge on any atom is -0.494 e. The van der Waals surface area contributed by atoms with Crippen LogP contribution in [0.1, 0.15) is 44.5 Å². The summed E-state index contributed by atoms with van der Waals surface area (Å²) >= 11 is 5.99. The van der Waals surface area contributed by atoms with Crippen LogP contribution < -0.4 is 4.74 Å². The van der Waals surface area contributed by atoms with Gasteiger partial charge in [0.1, 0.15) is 5.75 Å². The average molecular weight is 255 g/mol. The number of carbonyl (C=O) groups excluding carboxylic acids is 1. The topological polar surface area (TPSA) is 26.3 Å². The molecule has 0 N–H and O–H groups in total. The molecule has 0 aliphatic heterocycles. The molecule has 1 rings (SSSR count). The van der Waals surface area contributed by atoms with E-state index >= 15 is 0 Å². The zero-order valence-electron chi connectivity index (χ0n) is 10.8. The monoisotopic (exact) mass is 254 g/mol. The largest absolute Gasteiger partial charge is 0.494 e. The summed E-state index contributed by atoms with van der Waals surface area (Å²) in [5, 5.41) is 0.450. The average Bonchev–Trinajstić information content (AvgIpc) is 2.15. The first-order valence-electron chi connectivity index (χ1n) is 5.73. The van der Waals surface area contributed by atoms with Crippen molar-refractivity contribution in [3.63, 3.8) is 0 Å². The van der Waals surface area contributed by atoms with Crippen molar-refractivity contribution in [2.45, 2.75) is 34.1 Å². The van der Waals surface area contributed by atoms with Gasteiger partial charge in [-0.05, 0) is 37.0 Å². The summed E-state index contributed by atoms with van der Waals surface area (Å²) in [4.78, 5) is 11.2. The Morgan fingerprint density at radius 1 is 1.35 bits per heavy atom. The summed E-state index contributed by atoms with van der Waals surface area (Å²) in [6.07, 6.45) is 0.971. The number of rotatable bonds is 4. The molecule has 0 bridgehead atoms. The standard InChI is InChI=1S/C14H19ClO2/c1-10(16)12-6-5-11(9-13(12)15)17-8-7-14(2,3)4/h5-6,9H,7-8H2,1-4H3. The Balaban J connectivity index is 2.62. The molecule has 2 nitrogen and oxygen atoms in total. The van der Waals surface area contributed by atoms with Crippen molar-refractivity contribution in [1.29, 1.82) is 0 Å². The maximum absolute atomic E-state index is 11.2. The van der Waals surface area contributed by atoms with Crippen LogP contribution in [-0.2, 0) is 0 Å². The lowest BCUT2D eigenvalue weighted by atomic mass is 9.93.